The van der Waals surface area contributed by atoms with Crippen LogP contribution < -0.4 is 0 Å². The zero-order valence-electron chi connectivity index (χ0n) is 15.6. The van der Waals surface area contributed by atoms with Gasteiger partial charge >= 0.3 is 0 Å². The number of hydrogen-bond acceptors (Lipinski definition) is 1. The predicted octanol–water partition coefficient (Wildman–Crippen LogP) is 5.07. The van der Waals surface area contributed by atoms with E-state index in [1.54, 1.807) is 5.92 Å². The average Bonchev–Trinajstić information content (AvgIpc) is 2.39. The molecule has 0 saturated heterocycles. The third kappa shape index (κ3) is 5.39. The quantitative estimate of drug-likeness (QED) is 0.644. The molecular formula is C19H39OSi. The van der Waals surface area contributed by atoms with E-state index in [1.165, 1.54) is 57.8 Å². The van der Waals surface area contributed by atoms with Crippen LogP contribution in [0.25, 0.3) is 0 Å². The summed E-state index contributed by atoms with van der Waals surface area (Å²) in [4.78, 5) is 0. The molecule has 1 atom stereocenters. The van der Waals surface area contributed by atoms with Gasteiger partial charge in [-0.2, -0.15) is 0 Å². The lowest BCUT2D eigenvalue weighted by Crippen LogP contribution is -2.42. The minimum atomic E-state index is 0.320. The van der Waals surface area contributed by atoms with Crippen molar-refractivity contribution in [1.82, 2.24) is 0 Å². The molecule has 0 aromatic heterocycles. The summed E-state index contributed by atoms with van der Waals surface area (Å²) < 4.78 is 5.71. The maximum atomic E-state index is 5.71. The molecule has 1 rings (SSSR count). The van der Waals surface area contributed by atoms with Gasteiger partial charge in [0, 0.05) is 12.5 Å². The Balaban J connectivity index is 3.00. The molecule has 125 valence electrons. The van der Waals surface area contributed by atoms with Crippen LogP contribution in [0.1, 0.15) is 92.4 Å². The highest BCUT2D eigenvalue weighted by atomic mass is 28.2. The fourth-order valence-electron chi connectivity index (χ4n) is 4.77. The maximum Gasteiger partial charge on any atom is 0.145 e. The minimum absolute atomic E-state index is 0.320. The van der Waals surface area contributed by atoms with Crippen molar-refractivity contribution in [2.24, 2.45) is 16.7 Å². The van der Waals surface area contributed by atoms with Crippen LogP contribution in [0.3, 0.4) is 0 Å². The first-order valence-corrected chi connectivity index (χ1v) is 10.0. The van der Waals surface area contributed by atoms with Gasteiger partial charge in [0.2, 0.25) is 0 Å². The van der Waals surface area contributed by atoms with Gasteiger partial charge in [0.15, 0.2) is 0 Å². The summed E-state index contributed by atoms with van der Waals surface area (Å²) in [5.74, 6) is 2.48. The summed E-state index contributed by atoms with van der Waals surface area (Å²) in [6, 6.07) is 0. The summed E-state index contributed by atoms with van der Waals surface area (Å²) >= 11 is 0. The Bertz CT molecular complexity index is 285. The van der Waals surface area contributed by atoms with Crippen molar-refractivity contribution in [3.63, 3.8) is 0 Å². The van der Waals surface area contributed by atoms with E-state index in [2.05, 4.69) is 34.6 Å². The highest BCUT2D eigenvalue weighted by Gasteiger charge is 2.44. The van der Waals surface area contributed by atoms with Crippen molar-refractivity contribution in [2.45, 2.75) is 92.4 Å². The molecule has 0 aromatic carbocycles. The van der Waals surface area contributed by atoms with Crippen LogP contribution in [0, 0.1) is 22.7 Å². The zero-order valence-corrected chi connectivity index (χ0v) is 17.6. The van der Waals surface area contributed by atoms with Gasteiger partial charge in [0.1, 0.15) is 10.5 Å². The molecule has 1 nitrogen and oxygen atoms in total. The third-order valence-electron chi connectivity index (χ3n) is 5.91. The van der Waals surface area contributed by atoms with E-state index in [4.69, 9.17) is 4.43 Å². The fraction of sp³-hybridized carbons (Fsp3) is 0.947. The van der Waals surface area contributed by atoms with Gasteiger partial charge in [-0.3, -0.25) is 0 Å². The lowest BCUT2D eigenvalue weighted by atomic mass is 9.56. The highest BCUT2D eigenvalue weighted by molar-refractivity contribution is 5.98. The van der Waals surface area contributed by atoms with E-state index >= 15 is 0 Å². The lowest BCUT2D eigenvalue weighted by Gasteiger charge is -2.49. The van der Waals surface area contributed by atoms with E-state index in [0.717, 1.165) is 23.0 Å². The van der Waals surface area contributed by atoms with Gasteiger partial charge in [-0.05, 0) is 36.0 Å². The fourth-order valence-corrected chi connectivity index (χ4v) is 5.11. The molecule has 1 aliphatic carbocycles. The number of rotatable bonds is 5. The van der Waals surface area contributed by atoms with E-state index in [-0.39, 0.29) is 0 Å². The Kier molecular flexibility index (Phi) is 7.98. The number of hydrogen-bond donors (Lipinski definition) is 0. The molecule has 1 unspecified atom stereocenters. The average molecular weight is 312 g/mol. The molecule has 1 saturated carbocycles. The molecule has 0 aromatic rings. The van der Waals surface area contributed by atoms with Gasteiger partial charge in [-0.25, -0.2) is 0 Å². The summed E-state index contributed by atoms with van der Waals surface area (Å²) in [6.07, 6.45) is 12.4. The summed E-state index contributed by atoms with van der Waals surface area (Å²) in [5, 5.41) is 0. The predicted molar refractivity (Wildman–Crippen MR) is 97.4 cm³/mol. The van der Waals surface area contributed by atoms with Crippen LogP contribution in [-0.4, -0.2) is 17.1 Å². The largest absolute Gasteiger partial charge is 0.427 e. The van der Waals surface area contributed by atoms with Gasteiger partial charge in [0.25, 0.3) is 0 Å². The molecule has 1 radical (unpaired) electrons. The molecule has 0 heterocycles. The first-order chi connectivity index (χ1) is 9.86. The lowest BCUT2D eigenvalue weighted by molar-refractivity contribution is 0.0482. The van der Waals surface area contributed by atoms with Crippen LogP contribution >= 0.6 is 0 Å². The molecule has 1 aliphatic rings. The van der Waals surface area contributed by atoms with Crippen molar-refractivity contribution in [2.75, 3.05) is 6.61 Å². The second kappa shape index (κ2) is 8.72. The second-order valence-electron chi connectivity index (χ2n) is 8.36. The minimum Gasteiger partial charge on any atom is -0.427 e. The van der Waals surface area contributed by atoms with Crippen LogP contribution in [0.4, 0.5) is 0 Å². The van der Waals surface area contributed by atoms with E-state index in [9.17, 15) is 0 Å². The third-order valence-corrected chi connectivity index (χ3v) is 6.20. The topological polar surface area (TPSA) is 9.23 Å². The first kappa shape index (κ1) is 19.2. The molecular weight excluding hydrogens is 272 g/mol. The van der Waals surface area contributed by atoms with Crippen LogP contribution in [0.15, 0.2) is 0 Å². The Morgan fingerprint density at radius 3 is 2.38 bits per heavy atom. The SMILES string of the molecule is CCCC(C)(C)C1CCCCCCC[C](CO[SiH3])C1(C)C. The van der Waals surface area contributed by atoms with Crippen molar-refractivity contribution >= 4 is 10.5 Å². The second-order valence-corrected chi connectivity index (χ2v) is 8.93. The summed E-state index contributed by atoms with van der Waals surface area (Å²) in [7, 11) is 0.862. The first-order valence-electron chi connectivity index (χ1n) is 9.20. The van der Waals surface area contributed by atoms with Crippen LogP contribution in [0.2, 0.25) is 0 Å². The maximum absolute atomic E-state index is 5.71. The van der Waals surface area contributed by atoms with Gasteiger partial charge in [-0.15, -0.1) is 0 Å². The molecule has 1 fully saturated rings. The Morgan fingerprint density at radius 2 is 1.76 bits per heavy atom. The van der Waals surface area contributed by atoms with Crippen LogP contribution in [0.5, 0.6) is 0 Å². The molecule has 0 N–H and O–H groups in total. The normalized spacial score (nSPS) is 25.9. The van der Waals surface area contributed by atoms with Crippen molar-refractivity contribution in [3.05, 3.63) is 5.92 Å². The monoisotopic (exact) mass is 311 g/mol. The van der Waals surface area contributed by atoms with Crippen molar-refractivity contribution in [3.8, 4) is 0 Å². The zero-order chi connectivity index (χ0) is 15.9. The van der Waals surface area contributed by atoms with E-state index in [0.29, 0.717) is 10.8 Å². The highest BCUT2D eigenvalue weighted by Crippen LogP contribution is 2.52. The molecule has 0 amide bonds. The molecule has 0 aliphatic heterocycles. The smallest absolute Gasteiger partial charge is 0.145 e. The van der Waals surface area contributed by atoms with Crippen LogP contribution in [-0.2, 0) is 4.43 Å². The van der Waals surface area contributed by atoms with E-state index < -0.39 is 0 Å². The molecule has 21 heavy (non-hydrogen) atoms. The Morgan fingerprint density at radius 1 is 1.14 bits per heavy atom. The van der Waals surface area contributed by atoms with Crippen molar-refractivity contribution < 1.29 is 4.43 Å². The van der Waals surface area contributed by atoms with Crippen molar-refractivity contribution in [1.29, 1.82) is 0 Å². The van der Waals surface area contributed by atoms with Gasteiger partial charge < -0.3 is 4.43 Å². The summed E-state index contributed by atoms with van der Waals surface area (Å²) in [5.41, 5.74) is 0.758. The van der Waals surface area contributed by atoms with Gasteiger partial charge in [0.05, 0.1) is 0 Å². The van der Waals surface area contributed by atoms with E-state index in [1.807, 2.05) is 0 Å². The molecule has 0 bridgehead atoms. The Hall–Kier alpha value is 0.177. The summed E-state index contributed by atoms with van der Waals surface area (Å²) in [6.45, 7) is 13.3. The standard InChI is InChI=1S/C19H39OSi/c1-6-14-18(2,3)17-13-11-9-7-8-10-12-16(15-20-21)19(17,4)5/h17H,6-15H2,1-5,21H3. The molecule has 2 heteroatoms. The van der Waals surface area contributed by atoms with Gasteiger partial charge in [-0.1, -0.05) is 73.1 Å². The molecule has 0 spiro atoms. The Labute approximate surface area is 137 Å².